The Morgan fingerprint density at radius 3 is 2.65 bits per heavy atom. The van der Waals surface area contributed by atoms with Crippen molar-refractivity contribution < 1.29 is 9.32 Å². The van der Waals surface area contributed by atoms with Crippen molar-refractivity contribution in [3.63, 3.8) is 0 Å². The average molecular weight is 346 g/mol. The monoisotopic (exact) mass is 346 g/mol. The van der Waals surface area contributed by atoms with Gasteiger partial charge in [0.05, 0.1) is 0 Å². The van der Waals surface area contributed by atoms with Gasteiger partial charge in [0.25, 0.3) is 0 Å². The normalized spacial score (nSPS) is 12.6. The predicted octanol–water partition coefficient (Wildman–Crippen LogP) is 5.09. The predicted molar refractivity (Wildman–Crippen MR) is 103 cm³/mol. The molecular weight excluding hydrogens is 324 g/mol. The second kappa shape index (κ2) is 6.79. The first kappa shape index (κ1) is 16.6. The molecule has 0 atom stereocenters. The zero-order valence-electron chi connectivity index (χ0n) is 15.1. The van der Waals surface area contributed by atoms with Crippen LogP contribution in [0.15, 0.2) is 53.1 Å². The Bertz CT molecular complexity index is 939. The van der Waals surface area contributed by atoms with E-state index in [1.54, 1.807) is 0 Å². The van der Waals surface area contributed by atoms with E-state index in [4.69, 9.17) is 4.52 Å². The van der Waals surface area contributed by atoms with Crippen molar-refractivity contribution in [2.24, 2.45) is 5.92 Å². The molecule has 1 aliphatic carbocycles. The summed E-state index contributed by atoms with van der Waals surface area (Å²) in [5.41, 5.74) is 6.40. The van der Waals surface area contributed by atoms with Crippen LogP contribution in [0.5, 0.6) is 0 Å². The van der Waals surface area contributed by atoms with Crippen LogP contribution in [0, 0.1) is 5.92 Å². The Morgan fingerprint density at radius 2 is 1.88 bits per heavy atom. The van der Waals surface area contributed by atoms with Crippen molar-refractivity contribution in [1.29, 1.82) is 0 Å². The minimum absolute atomic E-state index is 0.0430. The van der Waals surface area contributed by atoms with Crippen LogP contribution in [0.2, 0.25) is 0 Å². The largest absolute Gasteiger partial charge is 0.355 e. The molecule has 0 fully saturated rings. The maximum absolute atomic E-state index is 11.9. The van der Waals surface area contributed by atoms with Gasteiger partial charge in [-0.3, -0.25) is 4.79 Å². The highest BCUT2D eigenvalue weighted by molar-refractivity contribution is 5.91. The van der Waals surface area contributed by atoms with Gasteiger partial charge in [0.15, 0.2) is 5.76 Å². The number of anilines is 1. The van der Waals surface area contributed by atoms with Gasteiger partial charge in [-0.25, -0.2) is 0 Å². The van der Waals surface area contributed by atoms with Gasteiger partial charge in [0.1, 0.15) is 5.69 Å². The Labute approximate surface area is 153 Å². The number of benzene rings is 2. The molecular formula is C22H22N2O2. The zero-order chi connectivity index (χ0) is 18.1. The second-order valence-electron chi connectivity index (χ2n) is 7.22. The third-order valence-corrected chi connectivity index (χ3v) is 4.73. The van der Waals surface area contributed by atoms with Gasteiger partial charge in [-0.05, 0) is 48.6 Å². The van der Waals surface area contributed by atoms with Crippen LogP contribution in [0.4, 0.5) is 5.69 Å². The molecule has 0 saturated heterocycles. The summed E-state index contributed by atoms with van der Waals surface area (Å²) in [6.45, 7) is 4.07. The third kappa shape index (κ3) is 3.15. The number of aryl methyl sites for hydroxylation is 1. The summed E-state index contributed by atoms with van der Waals surface area (Å²) in [6.07, 6.45) is 2.45. The van der Waals surface area contributed by atoms with Crippen molar-refractivity contribution in [2.75, 3.05) is 5.32 Å². The Kier molecular flexibility index (Phi) is 4.33. The smallest absolute Gasteiger partial charge is 0.224 e. The molecule has 132 valence electrons. The molecule has 0 unspecified atom stereocenters. The first-order valence-electron chi connectivity index (χ1n) is 9.09. The molecule has 4 rings (SSSR count). The summed E-state index contributed by atoms with van der Waals surface area (Å²) >= 11 is 0. The number of amides is 1. The molecule has 2 aromatic carbocycles. The van der Waals surface area contributed by atoms with E-state index in [0.29, 0.717) is 12.3 Å². The molecule has 0 aliphatic heterocycles. The molecule has 4 heteroatoms. The van der Waals surface area contributed by atoms with E-state index in [9.17, 15) is 4.79 Å². The lowest BCUT2D eigenvalue weighted by Gasteiger charge is -2.14. The second-order valence-corrected chi connectivity index (χ2v) is 7.22. The van der Waals surface area contributed by atoms with Crippen LogP contribution < -0.4 is 5.32 Å². The summed E-state index contributed by atoms with van der Waals surface area (Å²) in [5, 5.41) is 7.27. The summed E-state index contributed by atoms with van der Waals surface area (Å²) in [7, 11) is 0. The minimum atomic E-state index is 0.0430. The first-order chi connectivity index (χ1) is 12.6. The van der Waals surface area contributed by atoms with E-state index in [0.717, 1.165) is 35.5 Å². The Hall–Kier alpha value is -2.88. The first-order valence-corrected chi connectivity index (χ1v) is 9.09. The summed E-state index contributed by atoms with van der Waals surface area (Å²) in [4.78, 5) is 11.9. The maximum Gasteiger partial charge on any atom is 0.224 e. The highest BCUT2D eigenvalue weighted by Crippen LogP contribution is 2.38. The van der Waals surface area contributed by atoms with E-state index in [1.165, 1.54) is 16.7 Å². The molecule has 3 aromatic rings. The molecule has 26 heavy (non-hydrogen) atoms. The lowest BCUT2D eigenvalue weighted by atomic mass is 9.88. The van der Waals surface area contributed by atoms with Gasteiger partial charge in [-0.2, -0.15) is 0 Å². The molecule has 1 heterocycles. The number of nitrogens with one attached hydrogen (secondary N) is 1. The van der Waals surface area contributed by atoms with Crippen LogP contribution in [0.25, 0.3) is 22.6 Å². The van der Waals surface area contributed by atoms with Crippen LogP contribution in [-0.4, -0.2) is 11.1 Å². The molecule has 1 aromatic heterocycles. The molecule has 0 spiro atoms. The number of carbonyl (C=O) groups is 1. The van der Waals surface area contributed by atoms with E-state index >= 15 is 0 Å². The van der Waals surface area contributed by atoms with Gasteiger partial charge < -0.3 is 9.84 Å². The van der Waals surface area contributed by atoms with Crippen molar-refractivity contribution in [1.82, 2.24) is 5.16 Å². The number of fused-ring (bicyclic) bond motifs is 3. The lowest BCUT2D eigenvalue weighted by molar-refractivity contribution is -0.116. The van der Waals surface area contributed by atoms with E-state index in [2.05, 4.69) is 28.7 Å². The highest BCUT2D eigenvalue weighted by atomic mass is 16.5. The van der Waals surface area contributed by atoms with Crippen LogP contribution in [0.1, 0.15) is 31.4 Å². The molecule has 1 N–H and O–H groups in total. The summed E-state index contributed by atoms with van der Waals surface area (Å²) < 4.78 is 5.70. The minimum Gasteiger partial charge on any atom is -0.355 e. The van der Waals surface area contributed by atoms with Gasteiger partial charge in [0, 0.05) is 28.8 Å². The van der Waals surface area contributed by atoms with E-state index in [-0.39, 0.29) is 5.91 Å². The maximum atomic E-state index is 11.9. The standard InChI is InChI=1S/C22H22N2O2/c1-14(2)13-20(25)23-17-10-7-16(8-11-17)22-19-12-9-15-5-3-4-6-18(15)21(19)24-26-22/h3-8,10-11,14H,9,12-13H2,1-2H3,(H,23,25). The number of hydrogen-bond donors (Lipinski definition) is 1. The fraction of sp³-hybridized carbons (Fsp3) is 0.273. The fourth-order valence-corrected chi connectivity index (χ4v) is 3.50. The quantitative estimate of drug-likeness (QED) is 0.716. The Balaban J connectivity index is 1.58. The molecule has 0 radical (unpaired) electrons. The van der Waals surface area contributed by atoms with Crippen LogP contribution in [0.3, 0.4) is 0 Å². The number of rotatable bonds is 4. The van der Waals surface area contributed by atoms with Crippen LogP contribution in [-0.2, 0) is 17.6 Å². The number of hydrogen-bond acceptors (Lipinski definition) is 3. The average Bonchev–Trinajstić information content (AvgIpc) is 3.06. The van der Waals surface area contributed by atoms with Crippen LogP contribution >= 0.6 is 0 Å². The van der Waals surface area contributed by atoms with Gasteiger partial charge >= 0.3 is 0 Å². The van der Waals surface area contributed by atoms with Crippen molar-refractivity contribution in [2.45, 2.75) is 33.1 Å². The number of nitrogens with zero attached hydrogens (tertiary/aromatic N) is 1. The van der Waals surface area contributed by atoms with Gasteiger partial charge in [-0.15, -0.1) is 0 Å². The zero-order valence-corrected chi connectivity index (χ0v) is 15.1. The van der Waals surface area contributed by atoms with Gasteiger partial charge in [-0.1, -0.05) is 43.3 Å². The lowest BCUT2D eigenvalue weighted by Crippen LogP contribution is -2.13. The third-order valence-electron chi connectivity index (χ3n) is 4.73. The number of carbonyl (C=O) groups excluding carboxylic acids is 1. The van der Waals surface area contributed by atoms with Crippen molar-refractivity contribution in [3.05, 3.63) is 59.7 Å². The summed E-state index contributed by atoms with van der Waals surface area (Å²) in [6, 6.07) is 16.2. The molecule has 0 bridgehead atoms. The van der Waals surface area contributed by atoms with Crippen molar-refractivity contribution >= 4 is 11.6 Å². The molecule has 1 amide bonds. The highest BCUT2D eigenvalue weighted by Gasteiger charge is 2.24. The van der Waals surface area contributed by atoms with Gasteiger partial charge in [0.2, 0.25) is 5.91 Å². The van der Waals surface area contributed by atoms with Crippen molar-refractivity contribution in [3.8, 4) is 22.6 Å². The number of aromatic nitrogens is 1. The topological polar surface area (TPSA) is 55.1 Å². The Morgan fingerprint density at radius 1 is 1.12 bits per heavy atom. The van der Waals surface area contributed by atoms with E-state index in [1.807, 2.05) is 44.2 Å². The summed E-state index contributed by atoms with van der Waals surface area (Å²) in [5.74, 6) is 1.22. The molecule has 1 aliphatic rings. The fourth-order valence-electron chi connectivity index (χ4n) is 3.50. The van der Waals surface area contributed by atoms with E-state index < -0.39 is 0 Å². The molecule has 4 nitrogen and oxygen atoms in total. The SMILES string of the molecule is CC(C)CC(=O)Nc1ccc(-c2onc3c2CCc2ccccc2-3)cc1. The molecule has 0 saturated carbocycles.